The number of halogens is 1. The normalized spacial score (nSPS) is 15.5. The third kappa shape index (κ3) is 5.28. The minimum Gasteiger partial charge on any atom is -0.494 e. The summed E-state index contributed by atoms with van der Waals surface area (Å²) < 4.78 is 20.6. The van der Waals surface area contributed by atoms with E-state index >= 15 is 0 Å². The SMILES string of the molecule is N=C(N)c1ccc(OCCCC(CC(=O)O)(c2ccccc2F)N2CCNC(=O)C2=O)cc1. The quantitative estimate of drug-likeness (QED) is 0.185. The van der Waals surface area contributed by atoms with Crippen molar-refractivity contribution in [1.29, 1.82) is 5.41 Å². The average molecular weight is 456 g/mol. The van der Waals surface area contributed by atoms with Crippen LogP contribution in [0.3, 0.4) is 0 Å². The number of nitrogen functional groups attached to an aromatic ring is 1. The highest BCUT2D eigenvalue weighted by molar-refractivity contribution is 6.35. The second-order valence-electron chi connectivity index (χ2n) is 7.68. The largest absolute Gasteiger partial charge is 0.494 e. The van der Waals surface area contributed by atoms with Crippen LogP contribution in [0.4, 0.5) is 4.39 Å². The lowest BCUT2D eigenvalue weighted by Crippen LogP contribution is -2.61. The first kappa shape index (κ1) is 23.7. The summed E-state index contributed by atoms with van der Waals surface area (Å²) in [6, 6.07) is 12.3. The Morgan fingerprint density at radius 1 is 1.21 bits per heavy atom. The highest BCUT2D eigenvalue weighted by atomic mass is 19.1. The van der Waals surface area contributed by atoms with Crippen molar-refractivity contribution in [3.63, 3.8) is 0 Å². The molecule has 0 aromatic heterocycles. The van der Waals surface area contributed by atoms with Gasteiger partial charge in [0.25, 0.3) is 0 Å². The number of hydrogen-bond acceptors (Lipinski definition) is 5. The van der Waals surface area contributed by atoms with Crippen molar-refractivity contribution in [2.45, 2.75) is 24.8 Å². The van der Waals surface area contributed by atoms with Gasteiger partial charge in [-0.05, 0) is 43.2 Å². The fourth-order valence-electron chi connectivity index (χ4n) is 4.06. The number of carbonyl (C=O) groups excluding carboxylic acids is 2. The van der Waals surface area contributed by atoms with E-state index in [4.69, 9.17) is 15.9 Å². The zero-order valence-corrected chi connectivity index (χ0v) is 17.8. The van der Waals surface area contributed by atoms with Crippen molar-refractivity contribution in [3.8, 4) is 5.75 Å². The Kier molecular flexibility index (Phi) is 7.27. The number of rotatable bonds is 10. The first-order valence-corrected chi connectivity index (χ1v) is 10.4. The number of carboxylic acids is 1. The minimum atomic E-state index is -1.56. The zero-order valence-electron chi connectivity index (χ0n) is 17.8. The standard InChI is InChI=1S/C23H25FN4O5/c24-18-5-2-1-4-17(18)23(14-19(29)30,28-12-11-27-21(31)22(28)32)10-3-13-33-16-8-6-15(7-9-16)20(25)26/h1-2,4-9H,3,10-14H2,(H3,25,26)(H,27,31)(H,29,30). The van der Waals surface area contributed by atoms with E-state index in [0.29, 0.717) is 11.3 Å². The maximum absolute atomic E-state index is 14.9. The van der Waals surface area contributed by atoms with E-state index < -0.39 is 35.6 Å². The molecule has 174 valence electrons. The number of piperazine rings is 1. The van der Waals surface area contributed by atoms with E-state index in [-0.39, 0.29) is 43.9 Å². The molecule has 1 aliphatic rings. The summed E-state index contributed by atoms with van der Waals surface area (Å²) in [7, 11) is 0. The van der Waals surface area contributed by atoms with Crippen LogP contribution in [0.15, 0.2) is 48.5 Å². The van der Waals surface area contributed by atoms with Gasteiger partial charge < -0.3 is 25.8 Å². The molecule has 0 radical (unpaired) electrons. The summed E-state index contributed by atoms with van der Waals surface area (Å²) in [5.74, 6) is -3.18. The lowest BCUT2D eigenvalue weighted by molar-refractivity contribution is -0.157. The molecule has 33 heavy (non-hydrogen) atoms. The number of carbonyl (C=O) groups is 3. The fourth-order valence-corrected chi connectivity index (χ4v) is 4.06. The molecular weight excluding hydrogens is 431 g/mol. The molecule has 1 aliphatic heterocycles. The summed E-state index contributed by atoms with van der Waals surface area (Å²) in [5, 5.41) is 19.5. The molecule has 0 spiro atoms. The predicted molar refractivity (Wildman–Crippen MR) is 117 cm³/mol. The molecule has 10 heteroatoms. The molecule has 1 saturated heterocycles. The first-order chi connectivity index (χ1) is 15.7. The highest BCUT2D eigenvalue weighted by Crippen LogP contribution is 2.39. The number of benzene rings is 2. The Labute approximate surface area is 189 Å². The molecule has 2 amide bonds. The van der Waals surface area contributed by atoms with Crippen molar-refractivity contribution in [1.82, 2.24) is 10.2 Å². The van der Waals surface area contributed by atoms with Crippen molar-refractivity contribution < 1.29 is 28.6 Å². The van der Waals surface area contributed by atoms with Crippen LogP contribution in [0.25, 0.3) is 0 Å². The van der Waals surface area contributed by atoms with Crippen LogP contribution in [-0.2, 0) is 19.9 Å². The molecule has 5 N–H and O–H groups in total. The van der Waals surface area contributed by atoms with Gasteiger partial charge in [0.1, 0.15) is 17.4 Å². The number of carboxylic acid groups (broad SMARTS) is 1. The number of nitrogens with zero attached hydrogens (tertiary/aromatic N) is 1. The Balaban J connectivity index is 1.86. The van der Waals surface area contributed by atoms with Gasteiger partial charge in [0, 0.05) is 24.2 Å². The average Bonchev–Trinajstić information content (AvgIpc) is 2.78. The third-order valence-corrected chi connectivity index (χ3v) is 5.56. The Hall–Kier alpha value is -3.95. The van der Waals surface area contributed by atoms with E-state index in [1.165, 1.54) is 23.1 Å². The second kappa shape index (κ2) is 10.1. The third-order valence-electron chi connectivity index (χ3n) is 5.56. The smallest absolute Gasteiger partial charge is 0.312 e. The van der Waals surface area contributed by atoms with E-state index in [1.54, 1.807) is 30.3 Å². The minimum absolute atomic E-state index is 0.0428. The Morgan fingerprint density at radius 2 is 1.91 bits per heavy atom. The van der Waals surface area contributed by atoms with Gasteiger partial charge >= 0.3 is 17.8 Å². The number of hydrogen-bond donors (Lipinski definition) is 4. The fraction of sp³-hybridized carbons (Fsp3) is 0.304. The van der Waals surface area contributed by atoms with Crippen LogP contribution < -0.4 is 15.8 Å². The Morgan fingerprint density at radius 3 is 2.55 bits per heavy atom. The lowest BCUT2D eigenvalue weighted by Gasteiger charge is -2.45. The summed E-state index contributed by atoms with van der Waals surface area (Å²) in [6.07, 6.45) is -0.230. The molecular formula is C23H25FN4O5. The van der Waals surface area contributed by atoms with Gasteiger partial charge in [-0.25, -0.2) is 4.39 Å². The summed E-state index contributed by atoms with van der Waals surface area (Å²) in [4.78, 5) is 37.8. The molecule has 9 nitrogen and oxygen atoms in total. The number of nitrogens with one attached hydrogen (secondary N) is 2. The van der Waals surface area contributed by atoms with Gasteiger partial charge in [-0.15, -0.1) is 0 Å². The second-order valence-corrected chi connectivity index (χ2v) is 7.68. The molecule has 1 heterocycles. The number of amidine groups is 1. The van der Waals surface area contributed by atoms with Crippen molar-refractivity contribution >= 4 is 23.6 Å². The van der Waals surface area contributed by atoms with E-state index in [0.717, 1.165) is 0 Å². The highest BCUT2D eigenvalue weighted by Gasteiger charge is 2.47. The van der Waals surface area contributed by atoms with Gasteiger partial charge in [-0.1, -0.05) is 18.2 Å². The number of ether oxygens (including phenoxy) is 1. The van der Waals surface area contributed by atoms with E-state index in [1.807, 2.05) is 0 Å². The van der Waals surface area contributed by atoms with Crippen molar-refractivity contribution in [2.24, 2.45) is 5.73 Å². The van der Waals surface area contributed by atoms with Gasteiger partial charge in [-0.2, -0.15) is 0 Å². The summed E-state index contributed by atoms with van der Waals surface area (Å²) >= 11 is 0. The number of aliphatic carboxylic acids is 1. The molecule has 2 aromatic rings. The van der Waals surface area contributed by atoms with Crippen LogP contribution in [0.1, 0.15) is 30.4 Å². The topological polar surface area (TPSA) is 146 Å². The van der Waals surface area contributed by atoms with Crippen LogP contribution >= 0.6 is 0 Å². The Bertz CT molecular complexity index is 1060. The van der Waals surface area contributed by atoms with Gasteiger partial charge in [0.15, 0.2) is 0 Å². The van der Waals surface area contributed by atoms with Gasteiger partial charge in [-0.3, -0.25) is 19.8 Å². The van der Waals surface area contributed by atoms with Crippen LogP contribution in [-0.4, -0.2) is 53.3 Å². The zero-order chi connectivity index (χ0) is 24.0. The first-order valence-electron chi connectivity index (χ1n) is 10.4. The molecule has 3 rings (SSSR count). The maximum atomic E-state index is 14.9. The molecule has 1 atom stereocenters. The summed E-state index contributed by atoms with van der Waals surface area (Å²) in [5.41, 5.74) is 4.46. The van der Waals surface area contributed by atoms with E-state index in [9.17, 15) is 23.9 Å². The molecule has 0 bridgehead atoms. The summed E-state index contributed by atoms with van der Waals surface area (Å²) in [6.45, 7) is 0.350. The van der Waals surface area contributed by atoms with E-state index in [2.05, 4.69) is 5.32 Å². The van der Waals surface area contributed by atoms with Crippen LogP contribution in [0, 0.1) is 11.2 Å². The van der Waals surface area contributed by atoms with Gasteiger partial charge in [0.2, 0.25) is 0 Å². The molecule has 0 saturated carbocycles. The molecule has 1 unspecified atom stereocenters. The molecule has 1 fully saturated rings. The van der Waals surface area contributed by atoms with Crippen LogP contribution in [0.5, 0.6) is 5.75 Å². The monoisotopic (exact) mass is 456 g/mol. The predicted octanol–water partition coefficient (Wildman–Crippen LogP) is 1.60. The van der Waals surface area contributed by atoms with Crippen molar-refractivity contribution in [2.75, 3.05) is 19.7 Å². The number of nitrogens with two attached hydrogens (primary N) is 1. The molecule has 2 aromatic carbocycles. The molecule has 0 aliphatic carbocycles. The maximum Gasteiger partial charge on any atom is 0.312 e. The van der Waals surface area contributed by atoms with Gasteiger partial charge in [0.05, 0.1) is 18.6 Å². The number of amides is 2. The lowest BCUT2D eigenvalue weighted by atomic mass is 9.79. The van der Waals surface area contributed by atoms with Crippen LogP contribution in [0.2, 0.25) is 0 Å². The van der Waals surface area contributed by atoms with Crippen molar-refractivity contribution in [3.05, 3.63) is 65.5 Å².